The van der Waals surface area contributed by atoms with Gasteiger partial charge in [0, 0.05) is 12.3 Å². The number of hydrogen-bond donors (Lipinski definition) is 0. The van der Waals surface area contributed by atoms with Crippen LogP contribution in [0.2, 0.25) is 0 Å². The largest absolute Gasteiger partial charge is 0.493 e. The summed E-state index contributed by atoms with van der Waals surface area (Å²) < 4.78 is 26.5. The first-order chi connectivity index (χ1) is 15.4. The van der Waals surface area contributed by atoms with E-state index in [0.717, 1.165) is 26.9 Å². The number of thiazole rings is 1. The van der Waals surface area contributed by atoms with Crippen LogP contribution in [0, 0.1) is 17.6 Å². The molecule has 0 aliphatic rings. The SMILES string of the molecule is COc1ccnc2c(=O)n(-c3nc4ccc(Cc5ccc(F)cc5C)cc4s3)c(=S)oc12. The molecule has 0 saturated carbocycles. The lowest BCUT2D eigenvalue weighted by molar-refractivity contribution is 0.404. The number of aromatic nitrogens is 3. The highest BCUT2D eigenvalue weighted by atomic mass is 32.1. The van der Waals surface area contributed by atoms with E-state index in [2.05, 4.69) is 9.97 Å². The molecule has 2 aromatic carbocycles. The molecule has 0 N–H and O–H groups in total. The maximum atomic E-state index is 13.4. The van der Waals surface area contributed by atoms with Gasteiger partial charge in [0.1, 0.15) is 5.82 Å². The van der Waals surface area contributed by atoms with Crippen LogP contribution in [0.5, 0.6) is 5.75 Å². The average Bonchev–Trinajstić information content (AvgIpc) is 3.18. The van der Waals surface area contributed by atoms with Gasteiger partial charge in [-0.2, -0.15) is 0 Å². The molecular weight excluding hydrogens is 449 g/mol. The number of benzene rings is 2. The molecular formula is C23H16FN3O3S2. The van der Waals surface area contributed by atoms with Gasteiger partial charge in [-0.1, -0.05) is 23.5 Å². The molecule has 5 rings (SSSR count). The number of ether oxygens (including phenoxy) is 1. The normalized spacial score (nSPS) is 11.3. The second-order valence-corrected chi connectivity index (χ2v) is 8.60. The Kier molecular flexibility index (Phi) is 5.07. The summed E-state index contributed by atoms with van der Waals surface area (Å²) >= 11 is 6.68. The van der Waals surface area contributed by atoms with Crippen molar-refractivity contribution >= 4 is 44.9 Å². The molecule has 0 atom stereocenters. The Balaban J connectivity index is 1.59. The van der Waals surface area contributed by atoms with Crippen molar-refractivity contribution in [3.63, 3.8) is 0 Å². The summed E-state index contributed by atoms with van der Waals surface area (Å²) in [6, 6.07) is 12.3. The molecule has 3 heterocycles. The highest BCUT2D eigenvalue weighted by Crippen LogP contribution is 2.28. The highest BCUT2D eigenvalue weighted by molar-refractivity contribution is 7.71. The van der Waals surface area contributed by atoms with E-state index in [-0.39, 0.29) is 21.8 Å². The third kappa shape index (κ3) is 3.49. The van der Waals surface area contributed by atoms with E-state index in [1.54, 1.807) is 12.1 Å². The van der Waals surface area contributed by atoms with Crippen LogP contribution < -0.4 is 10.3 Å². The molecule has 5 aromatic rings. The Morgan fingerprint density at radius 1 is 1.22 bits per heavy atom. The van der Waals surface area contributed by atoms with E-state index >= 15 is 0 Å². The van der Waals surface area contributed by atoms with E-state index < -0.39 is 5.56 Å². The number of hydrogen-bond acceptors (Lipinski definition) is 7. The summed E-state index contributed by atoms with van der Waals surface area (Å²) in [7, 11) is 1.48. The molecule has 0 aliphatic heterocycles. The van der Waals surface area contributed by atoms with Crippen LogP contribution in [0.15, 0.2) is 57.9 Å². The quantitative estimate of drug-likeness (QED) is 0.333. The van der Waals surface area contributed by atoms with Crippen molar-refractivity contribution in [1.82, 2.24) is 14.5 Å². The molecule has 0 unspecified atom stereocenters. The maximum Gasteiger partial charge on any atom is 0.290 e. The minimum absolute atomic E-state index is 0.0324. The fourth-order valence-corrected chi connectivity index (χ4v) is 4.91. The summed E-state index contributed by atoms with van der Waals surface area (Å²) in [5, 5.41) is 0.403. The van der Waals surface area contributed by atoms with Gasteiger partial charge in [0.05, 0.1) is 17.3 Å². The van der Waals surface area contributed by atoms with Crippen LogP contribution in [0.25, 0.3) is 26.4 Å². The summed E-state index contributed by atoms with van der Waals surface area (Å²) in [4.78, 5) is 21.8. The van der Waals surface area contributed by atoms with Gasteiger partial charge >= 0.3 is 0 Å². The van der Waals surface area contributed by atoms with Gasteiger partial charge in [-0.25, -0.2) is 18.9 Å². The summed E-state index contributed by atoms with van der Waals surface area (Å²) in [6.45, 7) is 1.89. The average molecular weight is 466 g/mol. The van der Waals surface area contributed by atoms with Crippen LogP contribution in [0.1, 0.15) is 16.7 Å². The van der Waals surface area contributed by atoms with Crippen molar-refractivity contribution in [3.05, 3.63) is 86.4 Å². The van der Waals surface area contributed by atoms with Gasteiger partial charge < -0.3 is 9.15 Å². The zero-order chi connectivity index (χ0) is 22.4. The lowest BCUT2D eigenvalue weighted by Crippen LogP contribution is -2.20. The molecule has 32 heavy (non-hydrogen) atoms. The summed E-state index contributed by atoms with van der Waals surface area (Å²) in [6.07, 6.45) is 2.14. The van der Waals surface area contributed by atoms with Crippen molar-refractivity contribution in [3.8, 4) is 10.9 Å². The van der Waals surface area contributed by atoms with E-state index in [1.165, 1.54) is 41.3 Å². The lowest BCUT2D eigenvalue weighted by Gasteiger charge is -2.06. The number of aryl methyl sites for hydroxylation is 1. The van der Waals surface area contributed by atoms with Crippen LogP contribution >= 0.6 is 23.6 Å². The molecule has 0 radical (unpaired) electrons. The van der Waals surface area contributed by atoms with Crippen molar-refractivity contribution in [2.75, 3.05) is 7.11 Å². The van der Waals surface area contributed by atoms with Gasteiger partial charge in [0.25, 0.3) is 10.4 Å². The highest BCUT2D eigenvalue weighted by Gasteiger charge is 2.17. The first kappa shape index (κ1) is 20.5. The van der Waals surface area contributed by atoms with Crippen LogP contribution in [-0.4, -0.2) is 21.6 Å². The first-order valence-electron chi connectivity index (χ1n) is 9.68. The number of methoxy groups -OCH3 is 1. The fourth-order valence-electron chi connectivity index (χ4n) is 3.57. The van der Waals surface area contributed by atoms with Crippen LogP contribution in [0.4, 0.5) is 4.39 Å². The molecule has 160 valence electrons. The number of pyridine rings is 1. The molecule has 3 aromatic heterocycles. The van der Waals surface area contributed by atoms with E-state index in [9.17, 15) is 9.18 Å². The molecule has 9 heteroatoms. The number of nitrogens with zero attached hydrogens (tertiary/aromatic N) is 3. The molecule has 0 fully saturated rings. The Labute approximate surface area is 190 Å². The zero-order valence-electron chi connectivity index (χ0n) is 17.1. The van der Waals surface area contributed by atoms with Gasteiger partial charge in [-0.05, 0) is 66.5 Å². The Morgan fingerprint density at radius 2 is 2.06 bits per heavy atom. The third-order valence-electron chi connectivity index (χ3n) is 5.20. The molecule has 0 spiro atoms. The second-order valence-electron chi connectivity index (χ2n) is 7.25. The van der Waals surface area contributed by atoms with Crippen molar-refractivity contribution in [1.29, 1.82) is 0 Å². The first-order valence-corrected chi connectivity index (χ1v) is 10.9. The van der Waals surface area contributed by atoms with Gasteiger partial charge in [0.15, 0.2) is 11.3 Å². The number of rotatable bonds is 4. The molecule has 6 nitrogen and oxygen atoms in total. The zero-order valence-corrected chi connectivity index (χ0v) is 18.7. The predicted octanol–water partition coefficient (Wildman–Crippen LogP) is 5.36. The molecule has 0 saturated heterocycles. The van der Waals surface area contributed by atoms with Crippen molar-refractivity contribution in [2.24, 2.45) is 0 Å². The van der Waals surface area contributed by atoms with Gasteiger partial charge in [-0.3, -0.25) is 4.79 Å². The maximum absolute atomic E-state index is 13.4. The number of halogens is 1. The minimum atomic E-state index is -0.420. The summed E-state index contributed by atoms with van der Waals surface area (Å²) in [5.74, 6) is 0.141. The Bertz CT molecular complexity index is 1620. The molecule has 0 bridgehead atoms. The lowest BCUT2D eigenvalue weighted by atomic mass is 10.0. The third-order valence-corrected chi connectivity index (χ3v) is 6.47. The van der Waals surface area contributed by atoms with Crippen molar-refractivity contribution in [2.45, 2.75) is 13.3 Å². The molecule has 0 amide bonds. The topological polar surface area (TPSA) is 70.2 Å². The standard InChI is InChI=1S/C23H16FN3O3S2/c1-12-9-15(24)5-4-14(12)10-13-3-6-16-18(11-13)32-22(26-16)27-21(28)19-20(30-23(27)31)17(29-2)7-8-25-19/h3-9,11H,10H2,1-2H3. The van der Waals surface area contributed by atoms with Crippen molar-refractivity contribution < 1.29 is 13.5 Å². The monoisotopic (exact) mass is 465 g/mol. The van der Waals surface area contributed by atoms with Gasteiger partial charge in [0.2, 0.25) is 10.7 Å². The predicted molar refractivity (Wildman–Crippen MR) is 124 cm³/mol. The minimum Gasteiger partial charge on any atom is -0.493 e. The van der Waals surface area contributed by atoms with Gasteiger partial charge in [-0.15, -0.1) is 0 Å². The summed E-state index contributed by atoms with van der Waals surface area (Å²) in [5.41, 5.74) is 3.65. The molecule has 0 aliphatic carbocycles. The van der Waals surface area contributed by atoms with Crippen LogP contribution in [-0.2, 0) is 6.42 Å². The van der Waals surface area contributed by atoms with E-state index in [1.807, 2.05) is 25.1 Å². The Hall–Kier alpha value is -3.43. The Morgan fingerprint density at radius 3 is 2.84 bits per heavy atom. The smallest absolute Gasteiger partial charge is 0.290 e. The second kappa shape index (κ2) is 7.92. The fraction of sp³-hybridized carbons (Fsp3) is 0.130. The number of fused-ring (bicyclic) bond motifs is 2. The van der Waals surface area contributed by atoms with Crippen LogP contribution in [0.3, 0.4) is 0 Å². The van der Waals surface area contributed by atoms with E-state index in [4.69, 9.17) is 21.4 Å². The van der Waals surface area contributed by atoms with E-state index in [0.29, 0.717) is 17.3 Å².